The summed E-state index contributed by atoms with van der Waals surface area (Å²) in [7, 11) is -2.47. The Labute approximate surface area is 124 Å². The monoisotopic (exact) mass is 314 g/mol. The van der Waals surface area contributed by atoms with Gasteiger partial charge >= 0.3 is 0 Å². The van der Waals surface area contributed by atoms with Crippen molar-refractivity contribution in [2.75, 3.05) is 7.05 Å². The molecule has 116 valence electrons. The van der Waals surface area contributed by atoms with Gasteiger partial charge in [-0.15, -0.1) is 0 Å². The maximum atomic E-state index is 13.6. The molecule has 1 aliphatic rings. The van der Waals surface area contributed by atoms with E-state index in [2.05, 4.69) is 10.0 Å². The van der Waals surface area contributed by atoms with Crippen LogP contribution in [0.15, 0.2) is 23.1 Å². The summed E-state index contributed by atoms with van der Waals surface area (Å²) < 4.78 is 40.9. The zero-order valence-electron chi connectivity index (χ0n) is 12.1. The molecule has 21 heavy (non-hydrogen) atoms. The lowest BCUT2D eigenvalue weighted by Gasteiger charge is -2.27. The van der Waals surface area contributed by atoms with Crippen LogP contribution in [0.4, 0.5) is 4.39 Å². The molecule has 1 aliphatic carbocycles. The van der Waals surface area contributed by atoms with Gasteiger partial charge in [0.2, 0.25) is 15.9 Å². The lowest BCUT2D eigenvalue weighted by molar-refractivity contribution is -0.126. The van der Waals surface area contributed by atoms with Crippen LogP contribution in [0.25, 0.3) is 0 Å². The van der Waals surface area contributed by atoms with Crippen LogP contribution in [-0.4, -0.2) is 26.9 Å². The third-order valence-corrected chi connectivity index (χ3v) is 5.44. The Hall–Kier alpha value is -1.47. The van der Waals surface area contributed by atoms with Crippen LogP contribution in [-0.2, 0) is 14.8 Å². The fraction of sp³-hybridized carbons (Fsp3) is 0.500. The van der Waals surface area contributed by atoms with E-state index < -0.39 is 21.4 Å². The van der Waals surface area contributed by atoms with Gasteiger partial charge in [0, 0.05) is 7.05 Å². The van der Waals surface area contributed by atoms with Gasteiger partial charge in [-0.2, -0.15) is 4.72 Å². The second-order valence-electron chi connectivity index (χ2n) is 5.38. The first-order chi connectivity index (χ1) is 9.81. The lowest BCUT2D eigenvalue weighted by atomic mass is 9.98. The maximum Gasteiger partial charge on any atom is 0.241 e. The molecule has 0 aliphatic heterocycles. The molecule has 2 rings (SSSR count). The van der Waals surface area contributed by atoms with E-state index in [4.69, 9.17) is 0 Å². The van der Waals surface area contributed by atoms with Crippen molar-refractivity contribution in [3.8, 4) is 0 Å². The number of aryl methyl sites for hydroxylation is 1. The molecular weight excluding hydrogens is 295 g/mol. The van der Waals surface area contributed by atoms with Gasteiger partial charge in [-0.25, -0.2) is 12.8 Å². The summed E-state index contributed by atoms with van der Waals surface area (Å²) in [5, 5.41) is 2.50. The van der Waals surface area contributed by atoms with E-state index in [-0.39, 0.29) is 10.8 Å². The van der Waals surface area contributed by atoms with E-state index in [0.29, 0.717) is 18.4 Å². The standard InChI is InChI=1S/C14H19FN2O3S/c1-10-5-6-11(9-12(10)15)21(19,20)17-14(13(18)16-2)7-3-4-8-14/h5-6,9,17H,3-4,7-8H2,1-2H3,(H,16,18). The molecule has 0 atom stereocenters. The third-order valence-electron chi connectivity index (χ3n) is 3.90. The molecule has 0 unspecified atom stereocenters. The molecule has 7 heteroatoms. The lowest BCUT2D eigenvalue weighted by Crippen LogP contribution is -2.56. The van der Waals surface area contributed by atoms with Gasteiger partial charge in [-0.3, -0.25) is 4.79 Å². The zero-order valence-corrected chi connectivity index (χ0v) is 12.9. The summed E-state index contributed by atoms with van der Waals surface area (Å²) in [5.74, 6) is -0.936. The van der Waals surface area contributed by atoms with Crippen molar-refractivity contribution in [3.63, 3.8) is 0 Å². The van der Waals surface area contributed by atoms with Crippen LogP contribution < -0.4 is 10.0 Å². The highest BCUT2D eigenvalue weighted by molar-refractivity contribution is 7.89. The van der Waals surface area contributed by atoms with Gasteiger partial charge in [0.1, 0.15) is 11.4 Å². The number of sulfonamides is 1. The van der Waals surface area contributed by atoms with Crippen molar-refractivity contribution in [3.05, 3.63) is 29.6 Å². The molecule has 2 N–H and O–H groups in total. The van der Waals surface area contributed by atoms with Crippen LogP contribution in [0.1, 0.15) is 31.2 Å². The molecule has 0 aromatic heterocycles. The molecule has 0 saturated heterocycles. The van der Waals surface area contributed by atoms with E-state index in [1.165, 1.54) is 19.2 Å². The molecule has 1 amide bonds. The molecule has 0 radical (unpaired) electrons. The minimum atomic E-state index is -3.95. The Kier molecular flexibility index (Phi) is 4.34. The van der Waals surface area contributed by atoms with Crippen LogP contribution in [0.2, 0.25) is 0 Å². The molecule has 0 heterocycles. The highest BCUT2D eigenvalue weighted by Gasteiger charge is 2.44. The number of halogens is 1. The van der Waals surface area contributed by atoms with E-state index in [0.717, 1.165) is 18.9 Å². The summed E-state index contributed by atoms with van der Waals surface area (Å²) in [6.07, 6.45) is 2.44. The second kappa shape index (κ2) is 5.73. The van der Waals surface area contributed by atoms with Gasteiger partial charge in [0.25, 0.3) is 0 Å². The Morgan fingerprint density at radius 2 is 1.90 bits per heavy atom. The number of likely N-dealkylation sites (N-methyl/N-ethyl adjacent to an activating group) is 1. The smallest absolute Gasteiger partial charge is 0.241 e. The molecule has 0 bridgehead atoms. The summed E-state index contributed by atoms with van der Waals surface area (Å²) in [5.41, 5.74) is -0.759. The molecule has 1 aromatic rings. The molecule has 1 saturated carbocycles. The fourth-order valence-corrected chi connectivity index (χ4v) is 4.09. The number of rotatable bonds is 4. The quantitative estimate of drug-likeness (QED) is 0.884. The number of carbonyl (C=O) groups excluding carboxylic acids is 1. The number of benzene rings is 1. The topological polar surface area (TPSA) is 75.3 Å². The average molecular weight is 314 g/mol. The highest BCUT2D eigenvalue weighted by atomic mass is 32.2. The third kappa shape index (κ3) is 3.08. The van der Waals surface area contributed by atoms with E-state index in [1.807, 2.05) is 0 Å². The van der Waals surface area contributed by atoms with Gasteiger partial charge in [0.05, 0.1) is 4.90 Å². The highest BCUT2D eigenvalue weighted by Crippen LogP contribution is 2.31. The molecule has 5 nitrogen and oxygen atoms in total. The molecule has 0 spiro atoms. The molecule has 1 fully saturated rings. The van der Waals surface area contributed by atoms with Crippen molar-refractivity contribution < 1.29 is 17.6 Å². The van der Waals surface area contributed by atoms with Gasteiger partial charge in [-0.1, -0.05) is 18.9 Å². The largest absolute Gasteiger partial charge is 0.358 e. The zero-order chi connectivity index (χ0) is 15.7. The van der Waals surface area contributed by atoms with Crippen LogP contribution >= 0.6 is 0 Å². The van der Waals surface area contributed by atoms with E-state index >= 15 is 0 Å². The predicted octanol–water partition coefficient (Wildman–Crippen LogP) is 1.47. The van der Waals surface area contributed by atoms with Crippen LogP contribution in [0.5, 0.6) is 0 Å². The second-order valence-corrected chi connectivity index (χ2v) is 7.07. The Bertz CT molecular complexity index is 652. The van der Waals surface area contributed by atoms with Crippen molar-refractivity contribution in [1.82, 2.24) is 10.0 Å². The minimum Gasteiger partial charge on any atom is -0.358 e. The first-order valence-corrected chi connectivity index (χ1v) is 8.31. The summed E-state index contributed by atoms with van der Waals surface area (Å²) in [6.45, 7) is 1.56. The number of hydrogen-bond donors (Lipinski definition) is 2. The number of hydrogen-bond acceptors (Lipinski definition) is 3. The fourth-order valence-electron chi connectivity index (χ4n) is 2.65. The number of amides is 1. The molecule has 1 aromatic carbocycles. The SMILES string of the molecule is CNC(=O)C1(NS(=O)(=O)c2ccc(C)c(F)c2)CCCC1. The molecular formula is C14H19FN2O3S. The van der Waals surface area contributed by atoms with Gasteiger partial charge in [0.15, 0.2) is 0 Å². The Morgan fingerprint density at radius 1 is 1.29 bits per heavy atom. The van der Waals surface area contributed by atoms with Gasteiger partial charge in [-0.05, 0) is 37.5 Å². The number of nitrogens with one attached hydrogen (secondary N) is 2. The van der Waals surface area contributed by atoms with Crippen molar-refractivity contribution >= 4 is 15.9 Å². The summed E-state index contributed by atoms with van der Waals surface area (Å²) in [4.78, 5) is 11.9. The Morgan fingerprint density at radius 3 is 2.43 bits per heavy atom. The maximum absolute atomic E-state index is 13.6. The summed E-state index contributed by atoms with van der Waals surface area (Å²) >= 11 is 0. The minimum absolute atomic E-state index is 0.166. The van der Waals surface area contributed by atoms with Crippen LogP contribution in [0, 0.1) is 12.7 Å². The predicted molar refractivity (Wildman–Crippen MR) is 76.7 cm³/mol. The normalized spacial score (nSPS) is 17.7. The van der Waals surface area contributed by atoms with Crippen molar-refractivity contribution in [2.45, 2.75) is 43.0 Å². The number of carbonyl (C=O) groups is 1. The van der Waals surface area contributed by atoms with Crippen LogP contribution in [0.3, 0.4) is 0 Å². The first kappa shape index (κ1) is 15.9. The van der Waals surface area contributed by atoms with Gasteiger partial charge < -0.3 is 5.32 Å². The average Bonchev–Trinajstić information content (AvgIpc) is 2.89. The summed E-state index contributed by atoms with van der Waals surface area (Å²) in [6, 6.07) is 3.72. The van der Waals surface area contributed by atoms with Crippen molar-refractivity contribution in [1.29, 1.82) is 0 Å². The first-order valence-electron chi connectivity index (χ1n) is 6.83. The van der Waals surface area contributed by atoms with E-state index in [1.54, 1.807) is 6.92 Å². The van der Waals surface area contributed by atoms with Crippen molar-refractivity contribution in [2.24, 2.45) is 0 Å². The Balaban J connectivity index is 2.35. The van der Waals surface area contributed by atoms with E-state index in [9.17, 15) is 17.6 Å².